The average molecular weight is 250 g/mol. The standard InChI is InChI=1S/C12H21F3N2/c13-12(14,15)9-3-1-4-10(7-9)17-8-11-5-2-6-16-11/h9-11,16-17H,1-8H2. The molecule has 2 N–H and O–H groups in total. The summed E-state index contributed by atoms with van der Waals surface area (Å²) in [6.45, 7) is 1.86. The molecule has 2 nitrogen and oxygen atoms in total. The van der Waals surface area contributed by atoms with E-state index < -0.39 is 12.1 Å². The van der Waals surface area contributed by atoms with Crippen molar-refractivity contribution in [3.05, 3.63) is 0 Å². The molecule has 1 saturated carbocycles. The van der Waals surface area contributed by atoms with Crippen molar-refractivity contribution in [2.24, 2.45) is 5.92 Å². The van der Waals surface area contributed by atoms with E-state index in [1.54, 1.807) is 0 Å². The number of rotatable bonds is 3. The number of hydrogen-bond acceptors (Lipinski definition) is 2. The summed E-state index contributed by atoms with van der Waals surface area (Å²) in [5, 5.41) is 6.66. The third-order valence-electron chi connectivity index (χ3n) is 3.95. The molecule has 1 saturated heterocycles. The monoisotopic (exact) mass is 250 g/mol. The molecule has 0 spiro atoms. The van der Waals surface area contributed by atoms with E-state index in [0.717, 1.165) is 25.9 Å². The smallest absolute Gasteiger partial charge is 0.313 e. The maximum Gasteiger partial charge on any atom is 0.391 e. The SMILES string of the molecule is FC(F)(F)C1CCCC(NCC2CCCN2)C1. The second-order valence-corrected chi connectivity index (χ2v) is 5.30. The van der Waals surface area contributed by atoms with Gasteiger partial charge in [-0.15, -0.1) is 0 Å². The first-order valence-electron chi connectivity index (χ1n) is 6.59. The molecule has 1 aliphatic heterocycles. The summed E-state index contributed by atoms with van der Waals surface area (Å²) in [6.07, 6.45) is 0.468. The first-order valence-corrected chi connectivity index (χ1v) is 6.59. The molecule has 3 atom stereocenters. The molecule has 3 unspecified atom stereocenters. The Labute approximate surface area is 100 Å². The normalized spacial score (nSPS) is 35.1. The molecule has 0 aromatic carbocycles. The second-order valence-electron chi connectivity index (χ2n) is 5.30. The first-order chi connectivity index (χ1) is 8.05. The maximum absolute atomic E-state index is 12.6. The summed E-state index contributed by atoms with van der Waals surface area (Å²) in [4.78, 5) is 0. The molecule has 0 bridgehead atoms. The van der Waals surface area contributed by atoms with Crippen LogP contribution in [0.5, 0.6) is 0 Å². The Bertz CT molecular complexity index is 236. The lowest BCUT2D eigenvalue weighted by Crippen LogP contribution is -2.43. The predicted molar refractivity (Wildman–Crippen MR) is 60.8 cm³/mol. The van der Waals surface area contributed by atoms with Gasteiger partial charge in [0, 0.05) is 18.6 Å². The molecule has 1 heterocycles. The van der Waals surface area contributed by atoms with Crippen LogP contribution in [0.1, 0.15) is 38.5 Å². The number of halogens is 3. The van der Waals surface area contributed by atoms with Crippen LogP contribution in [0.15, 0.2) is 0 Å². The molecule has 0 aromatic heterocycles. The first kappa shape index (κ1) is 13.1. The fourth-order valence-electron chi connectivity index (χ4n) is 2.91. The average Bonchev–Trinajstić information content (AvgIpc) is 2.78. The Kier molecular flexibility index (Phi) is 4.31. The fourth-order valence-corrected chi connectivity index (χ4v) is 2.91. The van der Waals surface area contributed by atoms with Gasteiger partial charge >= 0.3 is 6.18 Å². The lowest BCUT2D eigenvalue weighted by Gasteiger charge is -2.31. The summed E-state index contributed by atoms with van der Waals surface area (Å²) < 4.78 is 37.8. The zero-order chi connectivity index (χ0) is 12.3. The van der Waals surface area contributed by atoms with E-state index in [4.69, 9.17) is 0 Å². The lowest BCUT2D eigenvalue weighted by atomic mass is 9.85. The van der Waals surface area contributed by atoms with Gasteiger partial charge in [-0.25, -0.2) is 0 Å². The van der Waals surface area contributed by atoms with E-state index in [-0.39, 0.29) is 12.5 Å². The van der Waals surface area contributed by atoms with Gasteiger partial charge in [0.2, 0.25) is 0 Å². The van der Waals surface area contributed by atoms with Crippen LogP contribution >= 0.6 is 0 Å². The number of hydrogen-bond donors (Lipinski definition) is 2. The minimum Gasteiger partial charge on any atom is -0.313 e. The molecular weight excluding hydrogens is 229 g/mol. The van der Waals surface area contributed by atoms with Crippen LogP contribution in [0.25, 0.3) is 0 Å². The van der Waals surface area contributed by atoms with Gasteiger partial charge in [0.05, 0.1) is 5.92 Å². The Hall–Kier alpha value is -0.290. The van der Waals surface area contributed by atoms with E-state index in [1.807, 2.05) is 0 Å². The maximum atomic E-state index is 12.6. The Balaban J connectivity index is 1.73. The summed E-state index contributed by atoms with van der Waals surface area (Å²) in [5.74, 6) is -1.09. The zero-order valence-electron chi connectivity index (χ0n) is 10.0. The van der Waals surface area contributed by atoms with Crippen molar-refractivity contribution in [2.75, 3.05) is 13.1 Å². The van der Waals surface area contributed by atoms with Crippen molar-refractivity contribution in [2.45, 2.75) is 56.8 Å². The Morgan fingerprint density at radius 2 is 1.94 bits per heavy atom. The van der Waals surface area contributed by atoms with Crippen molar-refractivity contribution in [3.8, 4) is 0 Å². The largest absolute Gasteiger partial charge is 0.391 e. The fraction of sp³-hybridized carbons (Fsp3) is 1.00. The summed E-state index contributed by atoms with van der Waals surface area (Å²) in [5.41, 5.74) is 0. The van der Waals surface area contributed by atoms with Crippen molar-refractivity contribution in [3.63, 3.8) is 0 Å². The molecular formula is C12H21F3N2. The van der Waals surface area contributed by atoms with Gasteiger partial charge in [0.1, 0.15) is 0 Å². The van der Waals surface area contributed by atoms with E-state index in [0.29, 0.717) is 18.9 Å². The third-order valence-corrected chi connectivity index (χ3v) is 3.95. The van der Waals surface area contributed by atoms with Gasteiger partial charge in [-0.05, 0) is 38.6 Å². The highest BCUT2D eigenvalue weighted by atomic mass is 19.4. The van der Waals surface area contributed by atoms with Gasteiger partial charge in [-0.3, -0.25) is 0 Å². The molecule has 2 fully saturated rings. The van der Waals surface area contributed by atoms with Gasteiger partial charge in [-0.1, -0.05) is 6.42 Å². The second kappa shape index (κ2) is 5.57. The summed E-state index contributed by atoms with van der Waals surface area (Å²) in [6, 6.07) is 0.513. The highest BCUT2D eigenvalue weighted by Crippen LogP contribution is 2.37. The predicted octanol–water partition coefficient (Wildman–Crippen LogP) is 2.45. The number of alkyl halides is 3. The lowest BCUT2D eigenvalue weighted by molar-refractivity contribution is -0.183. The van der Waals surface area contributed by atoms with Crippen molar-refractivity contribution >= 4 is 0 Å². The van der Waals surface area contributed by atoms with E-state index >= 15 is 0 Å². The van der Waals surface area contributed by atoms with Gasteiger partial charge in [0.25, 0.3) is 0 Å². The van der Waals surface area contributed by atoms with Crippen LogP contribution in [-0.4, -0.2) is 31.3 Å². The van der Waals surface area contributed by atoms with E-state index in [2.05, 4.69) is 10.6 Å². The van der Waals surface area contributed by atoms with Crippen LogP contribution in [0.2, 0.25) is 0 Å². The van der Waals surface area contributed by atoms with Crippen LogP contribution < -0.4 is 10.6 Å². The molecule has 100 valence electrons. The molecule has 2 rings (SSSR count). The van der Waals surface area contributed by atoms with E-state index in [9.17, 15) is 13.2 Å². The molecule has 5 heteroatoms. The van der Waals surface area contributed by atoms with Crippen molar-refractivity contribution < 1.29 is 13.2 Å². The minimum absolute atomic E-state index is 0.0535. The highest BCUT2D eigenvalue weighted by molar-refractivity contribution is 4.84. The van der Waals surface area contributed by atoms with Crippen molar-refractivity contribution in [1.29, 1.82) is 0 Å². The minimum atomic E-state index is -4.01. The topological polar surface area (TPSA) is 24.1 Å². The molecule has 1 aliphatic carbocycles. The molecule has 2 aliphatic rings. The molecule has 0 aromatic rings. The number of nitrogens with one attached hydrogen (secondary N) is 2. The van der Waals surface area contributed by atoms with E-state index in [1.165, 1.54) is 6.42 Å². The summed E-state index contributed by atoms with van der Waals surface area (Å²) in [7, 11) is 0. The Morgan fingerprint density at radius 3 is 2.59 bits per heavy atom. The van der Waals surface area contributed by atoms with Crippen molar-refractivity contribution in [1.82, 2.24) is 10.6 Å². The highest BCUT2D eigenvalue weighted by Gasteiger charge is 2.42. The van der Waals surface area contributed by atoms with Gasteiger partial charge in [-0.2, -0.15) is 13.2 Å². The van der Waals surface area contributed by atoms with Crippen LogP contribution in [0.3, 0.4) is 0 Å². The van der Waals surface area contributed by atoms with Gasteiger partial charge in [0.15, 0.2) is 0 Å². The van der Waals surface area contributed by atoms with Crippen LogP contribution in [0.4, 0.5) is 13.2 Å². The third kappa shape index (κ3) is 3.85. The molecule has 0 amide bonds. The van der Waals surface area contributed by atoms with Crippen LogP contribution in [0, 0.1) is 5.92 Å². The van der Waals surface area contributed by atoms with Gasteiger partial charge < -0.3 is 10.6 Å². The molecule has 17 heavy (non-hydrogen) atoms. The molecule has 0 radical (unpaired) electrons. The zero-order valence-corrected chi connectivity index (χ0v) is 10.0. The summed E-state index contributed by atoms with van der Waals surface area (Å²) >= 11 is 0. The van der Waals surface area contributed by atoms with Crippen LogP contribution in [-0.2, 0) is 0 Å². The Morgan fingerprint density at radius 1 is 1.12 bits per heavy atom. The quantitative estimate of drug-likeness (QED) is 0.804.